The number of nitro groups is 1. The second-order valence-electron chi connectivity index (χ2n) is 3.70. The van der Waals surface area contributed by atoms with Gasteiger partial charge in [-0.1, -0.05) is 12.1 Å². The van der Waals surface area contributed by atoms with E-state index in [0.29, 0.717) is 4.90 Å². The lowest BCUT2D eigenvalue weighted by Gasteiger charge is -2.09. The van der Waals surface area contributed by atoms with Crippen molar-refractivity contribution in [3.63, 3.8) is 0 Å². The summed E-state index contributed by atoms with van der Waals surface area (Å²) in [5, 5.41) is 20.4. The molecule has 0 aliphatic rings. The molecule has 1 rings (SSSR count). The van der Waals surface area contributed by atoms with Crippen molar-refractivity contribution in [2.45, 2.75) is 24.3 Å². The third-order valence-corrected chi connectivity index (χ3v) is 3.41. The molecule has 6 nitrogen and oxygen atoms in total. The summed E-state index contributed by atoms with van der Waals surface area (Å²) in [6.45, 7) is 1.95. The van der Waals surface area contributed by atoms with Crippen LogP contribution in [0, 0.1) is 10.1 Å². The number of benzene rings is 1. The van der Waals surface area contributed by atoms with E-state index in [4.69, 9.17) is 4.74 Å². The first-order chi connectivity index (χ1) is 9.04. The number of nitrogens with zero attached hydrogens (tertiary/aromatic N) is 1. The zero-order valence-corrected chi connectivity index (χ0v) is 11.3. The Morgan fingerprint density at radius 1 is 1.53 bits per heavy atom. The minimum atomic E-state index is -0.885. The van der Waals surface area contributed by atoms with E-state index in [1.165, 1.54) is 6.07 Å². The van der Waals surface area contributed by atoms with E-state index in [0.717, 1.165) is 11.8 Å². The normalized spacial score (nSPS) is 11.9. The van der Waals surface area contributed by atoms with Crippen LogP contribution in [0.25, 0.3) is 0 Å². The van der Waals surface area contributed by atoms with Gasteiger partial charge < -0.3 is 9.84 Å². The molecule has 0 heterocycles. The highest BCUT2D eigenvalue weighted by atomic mass is 32.2. The number of esters is 1. The zero-order valence-electron chi connectivity index (χ0n) is 10.4. The van der Waals surface area contributed by atoms with Crippen molar-refractivity contribution in [1.82, 2.24) is 0 Å². The molecule has 0 saturated carbocycles. The fraction of sp³-hybridized carbons (Fsp3) is 0.417. The second kappa shape index (κ2) is 7.75. The maximum Gasteiger partial charge on any atom is 0.308 e. The molecule has 0 spiro atoms. The van der Waals surface area contributed by atoms with Gasteiger partial charge in [-0.2, -0.15) is 0 Å². The molecule has 0 aromatic heterocycles. The molecule has 7 heteroatoms. The smallest absolute Gasteiger partial charge is 0.308 e. The van der Waals surface area contributed by atoms with Gasteiger partial charge in [-0.05, 0) is 13.0 Å². The first-order valence-electron chi connectivity index (χ1n) is 5.74. The van der Waals surface area contributed by atoms with Gasteiger partial charge in [-0.15, -0.1) is 11.8 Å². The molecular formula is C12H15NO5S. The van der Waals surface area contributed by atoms with Crippen molar-refractivity contribution in [3.8, 4) is 0 Å². The van der Waals surface area contributed by atoms with Crippen LogP contribution in [0.3, 0.4) is 0 Å². The number of rotatable bonds is 7. The lowest BCUT2D eigenvalue weighted by Crippen LogP contribution is -2.17. The summed E-state index contributed by atoms with van der Waals surface area (Å²) < 4.78 is 4.71. The summed E-state index contributed by atoms with van der Waals surface area (Å²) in [6, 6.07) is 6.28. The standard InChI is InChI=1S/C12H15NO5S/c1-2-18-12(15)7-9(14)8-19-11-6-4-3-5-10(11)13(16)17/h3-6,9,14H,2,7-8H2,1H3. The Morgan fingerprint density at radius 3 is 2.84 bits per heavy atom. The molecule has 0 amide bonds. The van der Waals surface area contributed by atoms with E-state index in [-0.39, 0.29) is 24.5 Å². The number of aliphatic hydroxyl groups excluding tert-OH is 1. The summed E-state index contributed by atoms with van der Waals surface area (Å²) in [7, 11) is 0. The minimum absolute atomic E-state index is 0.00386. The summed E-state index contributed by atoms with van der Waals surface area (Å²) in [5.74, 6) is -0.276. The lowest BCUT2D eigenvalue weighted by atomic mass is 10.3. The van der Waals surface area contributed by atoms with E-state index >= 15 is 0 Å². The summed E-state index contributed by atoms with van der Waals surface area (Å²) in [5.41, 5.74) is -0.00386. The number of thioether (sulfide) groups is 1. The van der Waals surface area contributed by atoms with Gasteiger partial charge in [0.2, 0.25) is 0 Å². The SMILES string of the molecule is CCOC(=O)CC(O)CSc1ccccc1[N+](=O)[O-]. The third-order valence-electron chi connectivity index (χ3n) is 2.20. The molecular weight excluding hydrogens is 270 g/mol. The zero-order chi connectivity index (χ0) is 14.3. The number of nitro benzene ring substituents is 1. The maximum absolute atomic E-state index is 11.1. The monoisotopic (exact) mass is 285 g/mol. The van der Waals surface area contributed by atoms with Crippen LogP contribution in [0.2, 0.25) is 0 Å². The van der Waals surface area contributed by atoms with Gasteiger partial charge in [-0.3, -0.25) is 14.9 Å². The van der Waals surface area contributed by atoms with Crippen LogP contribution in [0.1, 0.15) is 13.3 Å². The van der Waals surface area contributed by atoms with Crippen molar-refractivity contribution in [1.29, 1.82) is 0 Å². The first-order valence-corrected chi connectivity index (χ1v) is 6.73. The second-order valence-corrected chi connectivity index (χ2v) is 4.76. The molecule has 0 radical (unpaired) electrons. The summed E-state index contributed by atoms with van der Waals surface area (Å²) in [6.07, 6.45) is -0.995. The van der Waals surface area contributed by atoms with E-state index in [2.05, 4.69) is 0 Å². The summed E-state index contributed by atoms with van der Waals surface area (Å²) in [4.78, 5) is 21.9. The number of hydrogen-bond donors (Lipinski definition) is 1. The first kappa shape index (κ1) is 15.5. The van der Waals surface area contributed by atoms with Gasteiger partial charge in [0.15, 0.2) is 0 Å². The van der Waals surface area contributed by atoms with Gasteiger partial charge >= 0.3 is 5.97 Å². The number of para-hydroxylation sites is 1. The van der Waals surface area contributed by atoms with Crippen LogP contribution >= 0.6 is 11.8 Å². The molecule has 1 aromatic rings. The van der Waals surface area contributed by atoms with E-state index in [1.54, 1.807) is 25.1 Å². The molecule has 0 saturated heterocycles. The fourth-order valence-corrected chi connectivity index (χ4v) is 2.34. The molecule has 0 fully saturated rings. The average Bonchev–Trinajstić information content (AvgIpc) is 2.36. The molecule has 1 N–H and O–H groups in total. The number of carbonyl (C=O) groups is 1. The van der Waals surface area contributed by atoms with Crippen LogP contribution in [0.4, 0.5) is 5.69 Å². The lowest BCUT2D eigenvalue weighted by molar-refractivity contribution is -0.387. The van der Waals surface area contributed by atoms with Crippen LogP contribution in [0.5, 0.6) is 0 Å². The van der Waals surface area contributed by atoms with E-state index in [9.17, 15) is 20.0 Å². The van der Waals surface area contributed by atoms with Gasteiger partial charge in [0.1, 0.15) is 0 Å². The Bertz CT molecular complexity index is 452. The van der Waals surface area contributed by atoms with Gasteiger partial charge in [0.25, 0.3) is 5.69 Å². The molecule has 1 unspecified atom stereocenters. The van der Waals surface area contributed by atoms with Crippen molar-refractivity contribution in [3.05, 3.63) is 34.4 Å². The van der Waals surface area contributed by atoms with Crippen LogP contribution in [0.15, 0.2) is 29.2 Å². The molecule has 19 heavy (non-hydrogen) atoms. The summed E-state index contributed by atoms with van der Waals surface area (Å²) >= 11 is 1.14. The molecule has 104 valence electrons. The fourth-order valence-electron chi connectivity index (χ4n) is 1.39. The average molecular weight is 285 g/mol. The number of aliphatic hydroxyl groups is 1. The van der Waals surface area contributed by atoms with Crippen LogP contribution in [-0.2, 0) is 9.53 Å². The topological polar surface area (TPSA) is 89.7 Å². The predicted molar refractivity (Wildman–Crippen MR) is 71.1 cm³/mol. The maximum atomic E-state index is 11.1. The van der Waals surface area contributed by atoms with Crippen LogP contribution in [-0.4, -0.2) is 34.5 Å². The molecule has 0 bridgehead atoms. The van der Waals surface area contributed by atoms with Crippen molar-refractivity contribution < 1.29 is 19.6 Å². The number of hydrogen-bond acceptors (Lipinski definition) is 6. The highest BCUT2D eigenvalue weighted by molar-refractivity contribution is 7.99. The Labute approximate surface area is 114 Å². The van der Waals surface area contributed by atoms with Crippen molar-refractivity contribution in [2.75, 3.05) is 12.4 Å². The predicted octanol–water partition coefficient (Wildman–Crippen LogP) is 2.00. The Kier molecular flexibility index (Phi) is 6.31. The number of carbonyl (C=O) groups excluding carboxylic acids is 1. The van der Waals surface area contributed by atoms with Crippen LogP contribution < -0.4 is 0 Å². The molecule has 1 aromatic carbocycles. The molecule has 0 aliphatic carbocycles. The van der Waals surface area contributed by atoms with Gasteiger partial charge in [-0.25, -0.2) is 0 Å². The Balaban J connectivity index is 2.52. The minimum Gasteiger partial charge on any atom is -0.466 e. The van der Waals surface area contributed by atoms with E-state index in [1.807, 2.05) is 0 Å². The quantitative estimate of drug-likeness (QED) is 0.357. The number of ether oxygens (including phenoxy) is 1. The van der Waals surface area contributed by atoms with Crippen molar-refractivity contribution in [2.24, 2.45) is 0 Å². The Hall–Kier alpha value is -1.60. The van der Waals surface area contributed by atoms with E-state index < -0.39 is 17.0 Å². The molecule has 1 atom stereocenters. The van der Waals surface area contributed by atoms with Gasteiger partial charge in [0.05, 0.1) is 29.0 Å². The molecule has 0 aliphatic heterocycles. The Morgan fingerprint density at radius 2 is 2.21 bits per heavy atom. The third kappa shape index (κ3) is 5.27. The van der Waals surface area contributed by atoms with Crippen molar-refractivity contribution >= 4 is 23.4 Å². The largest absolute Gasteiger partial charge is 0.466 e. The highest BCUT2D eigenvalue weighted by Gasteiger charge is 2.16. The van der Waals surface area contributed by atoms with Gasteiger partial charge in [0, 0.05) is 11.8 Å². The highest BCUT2D eigenvalue weighted by Crippen LogP contribution is 2.29.